The van der Waals surface area contributed by atoms with E-state index in [2.05, 4.69) is 35.7 Å². The number of halogens is 1. The highest BCUT2D eigenvalue weighted by Crippen LogP contribution is 2.38. The van der Waals surface area contributed by atoms with Gasteiger partial charge in [0.25, 0.3) is 17.7 Å². The smallest absolute Gasteiger partial charge is 0.482 e. The highest BCUT2D eigenvalue weighted by molar-refractivity contribution is 9.10. The summed E-state index contributed by atoms with van der Waals surface area (Å²) in [4.78, 5) is 41.2. The van der Waals surface area contributed by atoms with Gasteiger partial charge < -0.3 is 48.3 Å². The Morgan fingerprint density at radius 2 is 0.985 bits per heavy atom. The second kappa shape index (κ2) is 26.3. The molecule has 65 heavy (non-hydrogen) atoms. The first kappa shape index (κ1) is 58.2. The van der Waals surface area contributed by atoms with Gasteiger partial charge in [0.1, 0.15) is 17.2 Å². The molecule has 3 aromatic rings. The van der Waals surface area contributed by atoms with Gasteiger partial charge >= 0.3 is 14.2 Å². The van der Waals surface area contributed by atoms with Gasteiger partial charge in [0.05, 0.1) is 28.3 Å². The molecule has 4 heterocycles. The number of nitrogens with zero attached hydrogens (tertiary/aromatic N) is 3. The Kier molecular flexibility index (Phi) is 23.6. The number of carbonyl (C=O) groups excluding carboxylic acids is 3. The van der Waals surface area contributed by atoms with Crippen LogP contribution in [0.15, 0.2) is 97.0 Å². The van der Waals surface area contributed by atoms with Crippen LogP contribution in [0.5, 0.6) is 17.2 Å². The summed E-state index contributed by atoms with van der Waals surface area (Å²) in [5, 5.41) is 18.4. The number of hydrogen-bond acceptors (Lipinski definition) is 10. The van der Waals surface area contributed by atoms with Gasteiger partial charge in [-0.2, -0.15) is 0 Å². The number of fused-ring (bicyclic) bond motifs is 3. The van der Waals surface area contributed by atoms with Crippen molar-refractivity contribution in [3.63, 3.8) is 0 Å². The number of carbonyl (C=O) groups is 3. The number of benzene rings is 3. The normalized spacial score (nSPS) is 15.8. The number of ether oxygens (including phenoxy) is 3. The molecule has 0 radical (unpaired) electrons. The summed E-state index contributed by atoms with van der Waals surface area (Å²) < 4.78 is 29.5. The van der Waals surface area contributed by atoms with Crippen LogP contribution in [-0.2, 0) is 23.7 Å². The van der Waals surface area contributed by atoms with Gasteiger partial charge in [0.2, 0.25) is 0 Å². The second-order valence-electron chi connectivity index (χ2n) is 15.8. The van der Waals surface area contributed by atoms with Gasteiger partial charge in [-0.3, -0.25) is 14.4 Å². The van der Waals surface area contributed by atoms with Crippen molar-refractivity contribution in [2.75, 3.05) is 54.2 Å². The molecule has 4 aliphatic rings. The van der Waals surface area contributed by atoms with Crippen LogP contribution >= 0.6 is 15.9 Å². The van der Waals surface area contributed by atoms with Crippen molar-refractivity contribution >= 4 is 75.9 Å². The number of hydrogen-bond donors (Lipinski definition) is 2. The third-order valence-electron chi connectivity index (χ3n) is 10.9. The Hall–Kier alpha value is -4.86. The largest absolute Gasteiger partial charge is 0.494 e. The molecule has 1 fully saturated rings. The zero-order chi connectivity index (χ0) is 44.3. The van der Waals surface area contributed by atoms with E-state index in [1.54, 1.807) is 39.0 Å². The first-order chi connectivity index (χ1) is 29.1. The molecule has 3 amide bonds. The highest BCUT2D eigenvalue weighted by Gasteiger charge is 2.52. The molecule has 1 saturated heterocycles. The van der Waals surface area contributed by atoms with Gasteiger partial charge in [-0.05, 0) is 120 Å². The molecule has 3 aromatic carbocycles. The van der Waals surface area contributed by atoms with Gasteiger partial charge in [0.15, 0.2) is 19.8 Å². The average molecular weight is 965 g/mol. The van der Waals surface area contributed by atoms with Gasteiger partial charge in [-0.25, -0.2) is 0 Å². The molecule has 0 atom stereocenters. The van der Waals surface area contributed by atoms with Crippen LogP contribution in [0.3, 0.4) is 0 Å². The van der Waals surface area contributed by atoms with Crippen LogP contribution in [0.1, 0.15) is 95.9 Å². The minimum atomic E-state index is -1.56. The first-order valence-corrected chi connectivity index (χ1v) is 21.3. The number of allylic oxidation sites excluding steroid dienone is 3. The summed E-state index contributed by atoms with van der Waals surface area (Å²) >= 11 is 3.41. The number of unbranched alkanes of at least 4 members (excludes halogenated alkanes) is 3. The lowest BCUT2D eigenvalue weighted by Crippen LogP contribution is -2.41. The Balaban J connectivity index is 0.000000483. The molecule has 0 aliphatic carbocycles. The second-order valence-corrected chi connectivity index (χ2v) is 16.7. The summed E-state index contributed by atoms with van der Waals surface area (Å²) in [6.07, 6.45) is 10.7. The number of amides is 3. The van der Waals surface area contributed by atoms with E-state index in [4.69, 9.17) is 23.5 Å². The summed E-state index contributed by atoms with van der Waals surface area (Å²) in [6.45, 7) is 21.3. The molecule has 16 heteroatoms. The Bertz CT molecular complexity index is 2070. The zero-order valence-electron chi connectivity index (χ0n) is 35.6. The highest BCUT2D eigenvalue weighted by atomic mass is 79.9. The minimum absolute atomic E-state index is 0. The van der Waals surface area contributed by atoms with Gasteiger partial charge in [-0.15, -0.1) is 19.7 Å². The summed E-state index contributed by atoms with van der Waals surface area (Å²) in [7, 11) is -2.01. The fourth-order valence-electron chi connectivity index (χ4n) is 6.82. The molecule has 7 rings (SSSR count). The van der Waals surface area contributed by atoms with Crippen molar-refractivity contribution in [3.05, 3.63) is 97.0 Å². The van der Waals surface area contributed by atoms with Crippen LogP contribution in [0, 0.1) is 0 Å². The predicted molar refractivity (Wildman–Crippen MR) is 271 cm³/mol. The third-order valence-corrected chi connectivity index (χ3v) is 11.4. The lowest BCUT2D eigenvalue weighted by molar-refractivity contribution is -0.122. The van der Waals surface area contributed by atoms with E-state index in [0.29, 0.717) is 36.5 Å². The van der Waals surface area contributed by atoms with Crippen LogP contribution in [0.4, 0.5) is 17.1 Å². The Morgan fingerprint density at radius 3 is 1.38 bits per heavy atom. The molecule has 0 unspecified atom stereocenters. The van der Waals surface area contributed by atoms with Crippen LogP contribution in [0.2, 0.25) is 0 Å². The molecule has 0 spiro atoms. The van der Waals surface area contributed by atoms with Crippen molar-refractivity contribution in [1.29, 1.82) is 0 Å². The van der Waals surface area contributed by atoms with E-state index in [-0.39, 0.29) is 67.2 Å². The first-order valence-electron chi connectivity index (χ1n) is 20.5. The van der Waals surface area contributed by atoms with E-state index in [1.165, 1.54) is 0 Å². The lowest BCUT2D eigenvalue weighted by Gasteiger charge is -2.32. The van der Waals surface area contributed by atoms with Crippen molar-refractivity contribution in [3.8, 4) is 17.2 Å². The molecule has 0 aromatic heterocycles. The molecular formula is C49H72B2BrN3O10. The quantitative estimate of drug-likeness (QED) is 0.0917. The fourth-order valence-corrected chi connectivity index (χ4v) is 7.17. The molecule has 0 bridgehead atoms. The van der Waals surface area contributed by atoms with E-state index < -0.39 is 25.4 Å². The monoisotopic (exact) mass is 963 g/mol. The van der Waals surface area contributed by atoms with Crippen LogP contribution in [0.25, 0.3) is 0 Å². The topological polar surface area (TPSA) is 148 Å². The fraction of sp³-hybridized carbons (Fsp3) is 0.449. The van der Waals surface area contributed by atoms with Gasteiger partial charge in [-0.1, -0.05) is 76.0 Å². The van der Waals surface area contributed by atoms with Crippen molar-refractivity contribution in [2.45, 2.75) is 107 Å². The predicted octanol–water partition coefficient (Wildman–Crippen LogP) is 8.42. The van der Waals surface area contributed by atoms with E-state index in [1.807, 2.05) is 76.2 Å². The molecule has 356 valence electrons. The van der Waals surface area contributed by atoms with Gasteiger partial charge in [0, 0.05) is 24.1 Å². The van der Waals surface area contributed by atoms with E-state index in [9.17, 15) is 24.4 Å². The van der Waals surface area contributed by atoms with E-state index in [0.717, 1.165) is 71.3 Å². The SMILES string of the molecule is C.C.C.C.C=CCCCN1C(=O)COc2ccc(B(O)O)cc21.C=CCCCN1C(=O)COc2ccc(B3OC(C)(C)C(C)(C)O3)cc21.C=CCCCN1C(=O)COc2ccc(Br)cc21. The average Bonchev–Trinajstić information content (AvgIpc) is 3.46. The summed E-state index contributed by atoms with van der Waals surface area (Å²) in [5.74, 6) is 1.94. The lowest BCUT2D eigenvalue weighted by atomic mass is 9.78. The standard InChI is InChI=1S/C19H26BNO4.C13H16BNO4.C13H14BrNO2.4CH4/c1-6-7-8-11-21-15-12-14(9-10-16(15)23-13-17(21)22)20-24-18(2,3)19(4,5)25-20;1-2-3-4-7-15-11-8-10(14(17)18)5-6-12(11)19-9-13(15)16;1-2-3-4-7-15-11-8-10(14)5-6-12(11)17-9-13(15)16;;;;/h6,9-10,12H,1,7-8,11,13H2,2-5H3;2,5-6,8,17-18H,1,3-4,7,9H2;2,5-6,8H,1,3-4,7,9H2;4*1H4. The van der Waals surface area contributed by atoms with Crippen molar-refractivity contribution < 1.29 is 48.0 Å². The molecular weight excluding hydrogens is 892 g/mol. The Labute approximate surface area is 397 Å². The van der Waals surface area contributed by atoms with E-state index >= 15 is 0 Å². The number of anilines is 3. The maximum absolute atomic E-state index is 12.3. The molecule has 4 aliphatic heterocycles. The summed E-state index contributed by atoms with van der Waals surface area (Å²) in [5.41, 5.74) is 2.65. The maximum atomic E-state index is 12.3. The third kappa shape index (κ3) is 14.6. The molecule has 13 nitrogen and oxygen atoms in total. The van der Waals surface area contributed by atoms with Crippen LogP contribution in [-0.4, -0.2) is 92.7 Å². The molecule has 2 N–H and O–H groups in total. The number of rotatable bonds is 14. The van der Waals surface area contributed by atoms with Crippen LogP contribution < -0.4 is 39.8 Å². The molecule has 0 saturated carbocycles. The maximum Gasteiger partial charge on any atom is 0.494 e. The summed E-state index contributed by atoms with van der Waals surface area (Å²) in [6, 6.07) is 16.3. The minimum Gasteiger partial charge on any atom is -0.482 e. The Morgan fingerprint density at radius 1 is 0.615 bits per heavy atom. The van der Waals surface area contributed by atoms with Crippen molar-refractivity contribution in [1.82, 2.24) is 0 Å². The zero-order valence-corrected chi connectivity index (χ0v) is 37.2. The van der Waals surface area contributed by atoms with Crippen molar-refractivity contribution in [2.24, 2.45) is 0 Å².